The minimum atomic E-state index is 0.184. The van der Waals surface area contributed by atoms with Gasteiger partial charge in [0.15, 0.2) is 5.78 Å². The van der Waals surface area contributed by atoms with Crippen LogP contribution in [0.4, 0.5) is 5.82 Å². The van der Waals surface area contributed by atoms with Crippen molar-refractivity contribution in [2.45, 2.75) is 44.2 Å². The highest BCUT2D eigenvalue weighted by Crippen LogP contribution is 2.37. The van der Waals surface area contributed by atoms with Crippen LogP contribution in [-0.2, 0) is 0 Å². The van der Waals surface area contributed by atoms with E-state index in [9.17, 15) is 4.79 Å². The van der Waals surface area contributed by atoms with Crippen molar-refractivity contribution in [3.8, 4) is 0 Å². The predicted octanol–water partition coefficient (Wildman–Crippen LogP) is 2.59. The molecule has 0 radical (unpaired) electrons. The summed E-state index contributed by atoms with van der Waals surface area (Å²) in [7, 11) is 6.15. The van der Waals surface area contributed by atoms with Gasteiger partial charge in [-0.1, -0.05) is 6.42 Å². The topological polar surface area (TPSA) is 36.4 Å². The Morgan fingerprint density at radius 3 is 2.43 bits per heavy atom. The van der Waals surface area contributed by atoms with Crippen LogP contribution in [0.2, 0.25) is 0 Å². The van der Waals surface area contributed by atoms with E-state index in [2.05, 4.69) is 16.9 Å². The minimum Gasteiger partial charge on any atom is -0.363 e. The van der Waals surface area contributed by atoms with E-state index in [1.807, 2.05) is 31.1 Å². The highest BCUT2D eigenvalue weighted by molar-refractivity contribution is 5.97. The van der Waals surface area contributed by atoms with Gasteiger partial charge in [-0.05, 0) is 44.9 Å². The van der Waals surface area contributed by atoms with Crippen molar-refractivity contribution < 1.29 is 4.79 Å². The number of anilines is 1. The van der Waals surface area contributed by atoms with E-state index >= 15 is 0 Å². The molecule has 4 heteroatoms. The molecule has 1 aromatic rings. The molecule has 4 nitrogen and oxygen atoms in total. The lowest BCUT2D eigenvalue weighted by molar-refractivity contribution is 0.0338. The Hall–Kier alpha value is -1.42. The van der Waals surface area contributed by atoms with E-state index in [0.29, 0.717) is 12.1 Å². The molecule has 21 heavy (non-hydrogen) atoms. The lowest BCUT2D eigenvalue weighted by Gasteiger charge is -2.46. The van der Waals surface area contributed by atoms with Crippen LogP contribution in [0.25, 0.3) is 0 Å². The number of pyridine rings is 1. The van der Waals surface area contributed by atoms with Gasteiger partial charge in [0, 0.05) is 43.9 Å². The molecular weight excluding hydrogens is 262 g/mol. The molecule has 0 aromatic carbocycles. The Bertz CT molecular complexity index is 497. The molecule has 0 aliphatic carbocycles. The third-order valence-electron chi connectivity index (χ3n) is 5.20. The van der Waals surface area contributed by atoms with Crippen molar-refractivity contribution in [3.05, 3.63) is 23.9 Å². The quantitative estimate of drug-likeness (QED) is 0.801. The van der Waals surface area contributed by atoms with Crippen molar-refractivity contribution in [1.29, 1.82) is 0 Å². The molecule has 0 saturated carbocycles. The van der Waals surface area contributed by atoms with E-state index in [-0.39, 0.29) is 11.7 Å². The Labute approximate surface area is 127 Å². The molecule has 2 saturated heterocycles. The van der Waals surface area contributed by atoms with Gasteiger partial charge in [-0.25, -0.2) is 4.98 Å². The van der Waals surface area contributed by atoms with Crippen LogP contribution in [0.15, 0.2) is 18.3 Å². The molecule has 2 bridgehead atoms. The summed E-state index contributed by atoms with van der Waals surface area (Å²) in [6.45, 7) is 0. The first-order valence-corrected chi connectivity index (χ1v) is 7.96. The zero-order valence-corrected chi connectivity index (χ0v) is 13.2. The summed E-state index contributed by atoms with van der Waals surface area (Å²) >= 11 is 0. The average molecular weight is 287 g/mol. The molecule has 0 amide bonds. The third kappa shape index (κ3) is 2.82. The van der Waals surface area contributed by atoms with Gasteiger partial charge in [0.2, 0.25) is 0 Å². The number of rotatable bonds is 3. The zero-order valence-electron chi connectivity index (χ0n) is 13.2. The maximum atomic E-state index is 12.7. The Balaban J connectivity index is 1.73. The number of carbonyl (C=O) groups excluding carboxylic acids is 1. The van der Waals surface area contributed by atoms with Crippen molar-refractivity contribution >= 4 is 11.6 Å². The molecule has 3 rings (SSSR count). The number of hydrogen-bond acceptors (Lipinski definition) is 4. The summed E-state index contributed by atoms with van der Waals surface area (Å²) in [6.07, 6.45) is 7.58. The van der Waals surface area contributed by atoms with E-state index in [4.69, 9.17) is 0 Å². The monoisotopic (exact) mass is 287 g/mol. The number of nitrogens with zero attached hydrogens (tertiary/aromatic N) is 3. The Morgan fingerprint density at radius 2 is 1.90 bits per heavy atom. The number of ketones is 1. The van der Waals surface area contributed by atoms with Gasteiger partial charge in [-0.15, -0.1) is 0 Å². The average Bonchev–Trinajstić information content (AvgIpc) is 2.46. The van der Waals surface area contributed by atoms with Crippen molar-refractivity contribution in [2.24, 2.45) is 5.92 Å². The fraction of sp³-hybridized carbons (Fsp3) is 0.647. The summed E-state index contributed by atoms with van der Waals surface area (Å²) in [5.74, 6) is 1.37. The van der Waals surface area contributed by atoms with E-state index < -0.39 is 0 Å². The molecule has 2 fully saturated rings. The van der Waals surface area contributed by atoms with Crippen molar-refractivity contribution in [2.75, 3.05) is 26.0 Å². The number of Topliss-reactive ketones (excluding diaryl/α,β-unsaturated/α-hetero) is 1. The predicted molar refractivity (Wildman–Crippen MR) is 84.8 cm³/mol. The maximum Gasteiger partial charge on any atom is 0.167 e. The number of piperidine rings is 2. The third-order valence-corrected chi connectivity index (χ3v) is 5.20. The van der Waals surface area contributed by atoms with E-state index in [0.717, 1.165) is 24.2 Å². The molecule has 2 aliphatic heterocycles. The molecule has 3 heterocycles. The number of carbonyl (C=O) groups is 1. The van der Waals surface area contributed by atoms with Gasteiger partial charge in [0.25, 0.3) is 0 Å². The summed E-state index contributed by atoms with van der Waals surface area (Å²) in [6, 6.07) is 5.06. The first-order chi connectivity index (χ1) is 10.1. The van der Waals surface area contributed by atoms with Crippen molar-refractivity contribution in [1.82, 2.24) is 9.88 Å². The highest BCUT2D eigenvalue weighted by atomic mass is 16.1. The zero-order chi connectivity index (χ0) is 15.0. The Morgan fingerprint density at radius 1 is 1.24 bits per heavy atom. The Kier molecular flexibility index (Phi) is 3.98. The normalized spacial score (nSPS) is 29.2. The minimum absolute atomic E-state index is 0.184. The lowest BCUT2D eigenvalue weighted by Crippen LogP contribution is -2.51. The molecule has 0 spiro atoms. The standard InChI is InChI=1S/C17H25N3O/c1-19(2)16-8-7-12(11-18-16)17(21)13-9-14-5-4-6-15(10-13)20(14)3/h7-8,11,13-15H,4-6,9-10H2,1-3H3. The van der Waals surface area contributed by atoms with Crippen LogP contribution in [-0.4, -0.2) is 48.9 Å². The number of fused-ring (bicyclic) bond motifs is 2. The van der Waals surface area contributed by atoms with Gasteiger partial charge in [0.05, 0.1) is 0 Å². The van der Waals surface area contributed by atoms with Crippen LogP contribution in [0.5, 0.6) is 0 Å². The molecule has 2 aliphatic rings. The molecule has 0 N–H and O–H groups in total. The summed E-state index contributed by atoms with van der Waals surface area (Å²) < 4.78 is 0. The van der Waals surface area contributed by atoms with Gasteiger partial charge in [0.1, 0.15) is 5.82 Å². The van der Waals surface area contributed by atoms with Crippen LogP contribution >= 0.6 is 0 Å². The highest BCUT2D eigenvalue weighted by Gasteiger charge is 2.38. The maximum absolute atomic E-state index is 12.7. The molecule has 2 unspecified atom stereocenters. The smallest absolute Gasteiger partial charge is 0.167 e. The van der Waals surface area contributed by atoms with Gasteiger partial charge in [-0.2, -0.15) is 0 Å². The first kappa shape index (κ1) is 14.5. The fourth-order valence-electron chi connectivity index (χ4n) is 3.86. The number of aromatic nitrogens is 1. The van der Waals surface area contributed by atoms with Gasteiger partial charge < -0.3 is 9.80 Å². The van der Waals surface area contributed by atoms with Crippen LogP contribution in [0, 0.1) is 5.92 Å². The van der Waals surface area contributed by atoms with Crippen LogP contribution < -0.4 is 4.90 Å². The van der Waals surface area contributed by atoms with Crippen LogP contribution in [0.1, 0.15) is 42.5 Å². The first-order valence-electron chi connectivity index (χ1n) is 7.96. The second-order valence-electron chi connectivity index (χ2n) is 6.74. The van der Waals surface area contributed by atoms with E-state index in [1.54, 1.807) is 6.20 Å². The summed E-state index contributed by atoms with van der Waals surface area (Å²) in [5, 5.41) is 0. The molecule has 2 atom stereocenters. The largest absolute Gasteiger partial charge is 0.363 e. The van der Waals surface area contributed by atoms with Gasteiger partial charge in [-0.3, -0.25) is 4.79 Å². The second-order valence-corrected chi connectivity index (χ2v) is 6.74. The van der Waals surface area contributed by atoms with E-state index in [1.165, 1.54) is 19.3 Å². The second kappa shape index (κ2) is 5.76. The SMILES string of the molecule is CN(C)c1ccc(C(=O)C2CC3CCCC(C2)N3C)cn1. The fourth-order valence-corrected chi connectivity index (χ4v) is 3.86. The van der Waals surface area contributed by atoms with Gasteiger partial charge >= 0.3 is 0 Å². The number of hydrogen-bond donors (Lipinski definition) is 0. The van der Waals surface area contributed by atoms with Crippen molar-refractivity contribution in [3.63, 3.8) is 0 Å². The molecular formula is C17H25N3O. The molecule has 114 valence electrons. The summed E-state index contributed by atoms with van der Waals surface area (Å²) in [4.78, 5) is 21.6. The molecule has 1 aromatic heterocycles. The van der Waals surface area contributed by atoms with Crippen LogP contribution in [0.3, 0.4) is 0 Å². The lowest BCUT2D eigenvalue weighted by atomic mass is 9.76. The summed E-state index contributed by atoms with van der Waals surface area (Å²) in [5.41, 5.74) is 0.772.